The number of aryl methyl sites for hydroxylation is 2. The molecule has 0 bridgehead atoms. The fraction of sp³-hybridized carbons (Fsp3) is 0.167. The van der Waals surface area contributed by atoms with Crippen LogP contribution in [-0.4, -0.2) is 18.3 Å². The topological polar surface area (TPSA) is 55.4 Å². The summed E-state index contributed by atoms with van der Waals surface area (Å²) in [6.45, 7) is -0.103. The van der Waals surface area contributed by atoms with E-state index in [1.165, 1.54) is 11.1 Å². The van der Waals surface area contributed by atoms with Crippen molar-refractivity contribution in [3.05, 3.63) is 95.1 Å². The fourth-order valence-corrected chi connectivity index (χ4v) is 3.47. The van der Waals surface area contributed by atoms with Crippen molar-refractivity contribution in [3.8, 4) is 5.75 Å². The second-order valence-electron chi connectivity index (χ2n) is 6.87. The lowest BCUT2D eigenvalue weighted by Crippen LogP contribution is -2.16. The van der Waals surface area contributed by atoms with Gasteiger partial charge in [0, 0.05) is 11.3 Å². The van der Waals surface area contributed by atoms with Crippen LogP contribution < -0.4 is 10.1 Å². The summed E-state index contributed by atoms with van der Waals surface area (Å²) in [6.07, 6.45) is 3.26. The molecule has 4 heteroatoms. The van der Waals surface area contributed by atoms with E-state index in [1.807, 2.05) is 48.5 Å². The molecule has 0 fully saturated rings. The van der Waals surface area contributed by atoms with Gasteiger partial charge in [0.15, 0.2) is 12.4 Å². The minimum atomic E-state index is -0.272. The molecule has 140 valence electrons. The number of carbonyl (C=O) groups is 2. The van der Waals surface area contributed by atoms with Crippen LogP contribution in [0.1, 0.15) is 38.3 Å². The SMILES string of the molecule is O=C(COc1ccccc1C(=O)Nc1ccccc1)c1ccc2c(c1)CCC2. The van der Waals surface area contributed by atoms with Gasteiger partial charge in [-0.25, -0.2) is 0 Å². The Hall–Kier alpha value is -3.40. The average Bonchev–Trinajstić information content (AvgIpc) is 3.21. The Balaban J connectivity index is 1.45. The monoisotopic (exact) mass is 371 g/mol. The Morgan fingerprint density at radius 2 is 1.61 bits per heavy atom. The zero-order chi connectivity index (χ0) is 19.3. The van der Waals surface area contributed by atoms with Crippen LogP contribution in [-0.2, 0) is 12.8 Å². The average molecular weight is 371 g/mol. The van der Waals surface area contributed by atoms with Crippen LogP contribution >= 0.6 is 0 Å². The van der Waals surface area contributed by atoms with Crippen molar-refractivity contribution in [1.29, 1.82) is 0 Å². The summed E-state index contributed by atoms with van der Waals surface area (Å²) in [5.41, 5.74) is 4.35. The molecule has 0 heterocycles. The van der Waals surface area contributed by atoms with E-state index in [0.717, 1.165) is 19.3 Å². The van der Waals surface area contributed by atoms with Crippen LogP contribution in [0.25, 0.3) is 0 Å². The maximum Gasteiger partial charge on any atom is 0.259 e. The third-order valence-electron chi connectivity index (χ3n) is 4.94. The van der Waals surface area contributed by atoms with Gasteiger partial charge in [0.2, 0.25) is 0 Å². The number of benzene rings is 3. The summed E-state index contributed by atoms with van der Waals surface area (Å²) < 4.78 is 5.72. The van der Waals surface area contributed by atoms with Crippen molar-refractivity contribution in [2.24, 2.45) is 0 Å². The van der Waals surface area contributed by atoms with Crippen molar-refractivity contribution in [3.63, 3.8) is 0 Å². The van der Waals surface area contributed by atoms with Gasteiger partial charge in [0.25, 0.3) is 5.91 Å². The van der Waals surface area contributed by atoms with Crippen LogP contribution in [0.5, 0.6) is 5.75 Å². The van der Waals surface area contributed by atoms with E-state index in [2.05, 4.69) is 5.32 Å². The highest BCUT2D eigenvalue weighted by Gasteiger charge is 2.16. The predicted octanol–water partition coefficient (Wildman–Crippen LogP) is 4.69. The Kier molecular flexibility index (Phi) is 5.20. The Morgan fingerprint density at radius 3 is 2.46 bits per heavy atom. The molecule has 0 saturated heterocycles. The lowest BCUT2D eigenvalue weighted by Gasteiger charge is -2.12. The molecule has 0 aromatic heterocycles. The van der Waals surface area contributed by atoms with Gasteiger partial charge in [-0.1, -0.05) is 42.5 Å². The van der Waals surface area contributed by atoms with Crippen molar-refractivity contribution in [1.82, 2.24) is 0 Å². The molecule has 4 rings (SSSR count). The molecule has 1 N–H and O–H groups in total. The van der Waals surface area contributed by atoms with E-state index in [1.54, 1.807) is 24.3 Å². The number of hydrogen-bond donors (Lipinski definition) is 1. The van der Waals surface area contributed by atoms with Gasteiger partial charge in [-0.15, -0.1) is 0 Å². The summed E-state index contributed by atoms with van der Waals surface area (Å²) in [5.74, 6) is 0.0326. The molecule has 3 aromatic rings. The van der Waals surface area contributed by atoms with E-state index < -0.39 is 0 Å². The molecule has 0 aliphatic heterocycles. The standard InChI is InChI=1S/C24H21NO3/c26-22(19-14-13-17-7-6-8-18(17)15-19)16-28-23-12-5-4-11-21(23)24(27)25-20-9-2-1-3-10-20/h1-5,9-15H,6-8,16H2,(H,25,27). The molecule has 0 spiro atoms. The highest BCUT2D eigenvalue weighted by Crippen LogP contribution is 2.24. The second-order valence-corrected chi connectivity index (χ2v) is 6.87. The lowest BCUT2D eigenvalue weighted by molar-refractivity contribution is 0.0914. The van der Waals surface area contributed by atoms with Gasteiger partial charge in [-0.3, -0.25) is 9.59 Å². The molecule has 0 radical (unpaired) electrons. The predicted molar refractivity (Wildman–Crippen MR) is 109 cm³/mol. The Morgan fingerprint density at radius 1 is 0.857 bits per heavy atom. The largest absolute Gasteiger partial charge is 0.485 e. The normalized spacial score (nSPS) is 12.3. The first kappa shape index (κ1) is 18.0. The molecule has 3 aromatic carbocycles. The zero-order valence-electron chi connectivity index (χ0n) is 15.5. The third kappa shape index (κ3) is 3.96. The third-order valence-corrected chi connectivity index (χ3v) is 4.94. The number of nitrogens with one attached hydrogen (secondary N) is 1. The minimum absolute atomic E-state index is 0.0898. The van der Waals surface area contributed by atoms with Gasteiger partial charge < -0.3 is 10.1 Å². The molecule has 4 nitrogen and oxygen atoms in total. The second kappa shape index (κ2) is 8.09. The number of Topliss-reactive ketones (excluding diaryl/α,β-unsaturated/α-hetero) is 1. The first-order chi connectivity index (χ1) is 13.7. The highest BCUT2D eigenvalue weighted by molar-refractivity contribution is 6.06. The fourth-order valence-electron chi connectivity index (χ4n) is 3.47. The van der Waals surface area contributed by atoms with Crippen LogP contribution in [0, 0.1) is 0 Å². The first-order valence-electron chi connectivity index (χ1n) is 9.44. The summed E-state index contributed by atoms with van der Waals surface area (Å²) in [4.78, 5) is 25.2. The number of ketones is 1. The zero-order valence-corrected chi connectivity index (χ0v) is 15.5. The van der Waals surface area contributed by atoms with Crippen molar-refractivity contribution >= 4 is 17.4 Å². The number of rotatable bonds is 6. The quantitative estimate of drug-likeness (QED) is 0.640. The van der Waals surface area contributed by atoms with Gasteiger partial charge in [-0.2, -0.15) is 0 Å². The molecule has 0 saturated carbocycles. The first-order valence-corrected chi connectivity index (χ1v) is 9.44. The molecule has 0 atom stereocenters. The van der Waals surface area contributed by atoms with E-state index in [-0.39, 0.29) is 18.3 Å². The number of anilines is 1. The van der Waals surface area contributed by atoms with Crippen molar-refractivity contribution in [2.45, 2.75) is 19.3 Å². The number of carbonyl (C=O) groups excluding carboxylic acids is 2. The molecule has 0 unspecified atom stereocenters. The van der Waals surface area contributed by atoms with Gasteiger partial charge in [-0.05, 0) is 60.7 Å². The van der Waals surface area contributed by atoms with Gasteiger partial charge in [0.1, 0.15) is 5.75 Å². The van der Waals surface area contributed by atoms with Crippen LogP contribution in [0.3, 0.4) is 0 Å². The van der Waals surface area contributed by atoms with Gasteiger partial charge in [0.05, 0.1) is 5.56 Å². The van der Waals surface area contributed by atoms with Crippen LogP contribution in [0.15, 0.2) is 72.8 Å². The summed E-state index contributed by atoms with van der Waals surface area (Å²) >= 11 is 0. The van der Waals surface area contributed by atoms with E-state index in [9.17, 15) is 9.59 Å². The molecule has 1 aliphatic carbocycles. The minimum Gasteiger partial charge on any atom is -0.485 e. The maximum atomic E-state index is 12.6. The summed E-state index contributed by atoms with van der Waals surface area (Å²) in [7, 11) is 0. The Labute approximate surface area is 164 Å². The Bertz CT molecular complexity index is 1010. The number of hydrogen-bond acceptors (Lipinski definition) is 3. The number of fused-ring (bicyclic) bond motifs is 1. The smallest absolute Gasteiger partial charge is 0.259 e. The number of para-hydroxylation sites is 2. The molecular formula is C24H21NO3. The molecule has 1 aliphatic rings. The van der Waals surface area contributed by atoms with E-state index in [0.29, 0.717) is 22.6 Å². The molecule has 28 heavy (non-hydrogen) atoms. The van der Waals surface area contributed by atoms with E-state index >= 15 is 0 Å². The maximum absolute atomic E-state index is 12.6. The van der Waals surface area contributed by atoms with Crippen LogP contribution in [0.2, 0.25) is 0 Å². The molecule has 1 amide bonds. The van der Waals surface area contributed by atoms with Gasteiger partial charge >= 0.3 is 0 Å². The summed E-state index contributed by atoms with van der Waals surface area (Å²) in [6, 6.07) is 22.1. The number of amides is 1. The lowest BCUT2D eigenvalue weighted by atomic mass is 10.0. The number of ether oxygens (including phenoxy) is 1. The summed E-state index contributed by atoms with van der Waals surface area (Å²) in [5, 5.41) is 2.84. The van der Waals surface area contributed by atoms with Crippen molar-refractivity contribution < 1.29 is 14.3 Å². The molecular weight excluding hydrogens is 350 g/mol. The van der Waals surface area contributed by atoms with E-state index in [4.69, 9.17) is 4.74 Å². The highest BCUT2D eigenvalue weighted by atomic mass is 16.5. The van der Waals surface area contributed by atoms with Crippen molar-refractivity contribution in [2.75, 3.05) is 11.9 Å². The van der Waals surface area contributed by atoms with Crippen LogP contribution in [0.4, 0.5) is 5.69 Å².